The molecule has 0 atom stereocenters. The Bertz CT molecular complexity index is 1210. The quantitative estimate of drug-likeness (QED) is 0.463. The number of thiophene rings is 1. The number of carbonyl (C=O) groups excluding carboxylic acids is 1. The summed E-state index contributed by atoms with van der Waals surface area (Å²) in [5.74, 6) is 1.83. The van der Waals surface area contributed by atoms with Crippen LogP contribution in [0.1, 0.15) is 17.7 Å². The first-order valence-electron chi connectivity index (χ1n) is 10.4. The van der Waals surface area contributed by atoms with Gasteiger partial charge in [-0.3, -0.25) is 9.89 Å². The van der Waals surface area contributed by atoms with Crippen LogP contribution < -0.4 is 9.64 Å². The van der Waals surface area contributed by atoms with E-state index in [9.17, 15) is 4.79 Å². The summed E-state index contributed by atoms with van der Waals surface area (Å²) in [6.45, 7) is 5.50. The lowest BCUT2D eigenvalue weighted by Crippen LogP contribution is -2.49. The lowest BCUT2D eigenvalue weighted by atomic mass is 10.2. The van der Waals surface area contributed by atoms with Crippen LogP contribution in [-0.4, -0.2) is 69.0 Å². The number of rotatable bonds is 6. The molecule has 160 valence electrons. The minimum absolute atomic E-state index is 0.169. The van der Waals surface area contributed by atoms with Crippen LogP contribution in [0.25, 0.3) is 21.3 Å². The average molecular weight is 438 g/mol. The minimum Gasteiger partial charge on any atom is -0.491 e. The molecule has 1 saturated heterocycles. The van der Waals surface area contributed by atoms with Crippen molar-refractivity contribution in [1.29, 1.82) is 0 Å². The third kappa shape index (κ3) is 4.02. The van der Waals surface area contributed by atoms with Crippen LogP contribution >= 0.6 is 11.3 Å². The highest BCUT2D eigenvalue weighted by molar-refractivity contribution is 7.18. The second-order valence-electron chi connectivity index (χ2n) is 7.56. The molecule has 0 aliphatic carbocycles. The van der Waals surface area contributed by atoms with E-state index in [1.54, 1.807) is 17.7 Å². The topological polar surface area (TPSA) is 100 Å². The fourth-order valence-corrected chi connectivity index (χ4v) is 4.75. The van der Waals surface area contributed by atoms with E-state index in [0.29, 0.717) is 43.8 Å². The molecular weight excluding hydrogens is 414 g/mol. The average Bonchev–Trinajstić information content (AvgIpc) is 3.42. The summed E-state index contributed by atoms with van der Waals surface area (Å²) in [5.41, 5.74) is 1.55. The van der Waals surface area contributed by atoms with Gasteiger partial charge >= 0.3 is 0 Å². The number of aryl methyl sites for hydroxylation is 1. The molecule has 4 aromatic rings. The number of nitrogens with zero attached hydrogens (tertiary/aromatic N) is 6. The number of aromatic amines is 1. The molecule has 1 aliphatic rings. The molecule has 1 amide bonds. The van der Waals surface area contributed by atoms with E-state index in [1.807, 2.05) is 23.1 Å². The Hall–Kier alpha value is -3.27. The molecule has 5 rings (SSSR count). The largest absolute Gasteiger partial charge is 0.491 e. The fraction of sp³-hybridized carbons (Fsp3) is 0.381. The molecule has 1 fully saturated rings. The zero-order chi connectivity index (χ0) is 21.2. The number of fused-ring (bicyclic) bond motifs is 2. The van der Waals surface area contributed by atoms with E-state index in [0.717, 1.165) is 34.6 Å². The van der Waals surface area contributed by atoms with Crippen LogP contribution in [0.2, 0.25) is 0 Å². The molecule has 31 heavy (non-hydrogen) atoms. The summed E-state index contributed by atoms with van der Waals surface area (Å²) in [4.78, 5) is 28.0. The Kier molecular flexibility index (Phi) is 5.37. The third-order valence-electron chi connectivity index (χ3n) is 5.48. The Morgan fingerprint density at radius 1 is 1.23 bits per heavy atom. The van der Waals surface area contributed by atoms with Crippen LogP contribution in [0.15, 0.2) is 30.6 Å². The molecule has 0 spiro atoms. The van der Waals surface area contributed by atoms with Gasteiger partial charge in [0.2, 0.25) is 5.91 Å². The lowest BCUT2D eigenvalue weighted by molar-refractivity contribution is -0.131. The summed E-state index contributed by atoms with van der Waals surface area (Å²) in [7, 11) is 0. The van der Waals surface area contributed by atoms with E-state index >= 15 is 0 Å². The normalized spacial score (nSPS) is 14.5. The predicted octanol–water partition coefficient (Wildman–Crippen LogP) is 2.78. The van der Waals surface area contributed by atoms with Gasteiger partial charge in [0.1, 0.15) is 22.7 Å². The van der Waals surface area contributed by atoms with Crippen LogP contribution in [0, 0.1) is 6.92 Å². The van der Waals surface area contributed by atoms with Crippen molar-refractivity contribution in [2.45, 2.75) is 19.8 Å². The van der Waals surface area contributed by atoms with E-state index < -0.39 is 0 Å². The summed E-state index contributed by atoms with van der Waals surface area (Å²) in [5, 5.41) is 11.8. The minimum atomic E-state index is 0.169. The number of amides is 1. The Labute approximate surface area is 183 Å². The first-order valence-corrected chi connectivity index (χ1v) is 11.2. The smallest absolute Gasteiger partial charge is 0.222 e. The molecule has 9 nitrogen and oxygen atoms in total. The van der Waals surface area contributed by atoms with Crippen LogP contribution in [0.3, 0.4) is 0 Å². The SMILES string of the molecule is Cc1cc2c(N3CCN(C(=O)CCCOc4cccc5[nH]nnc45)CC3)ncnc2s1. The number of ether oxygens (including phenoxy) is 1. The summed E-state index contributed by atoms with van der Waals surface area (Å²) in [6.07, 6.45) is 2.76. The van der Waals surface area contributed by atoms with Crippen molar-refractivity contribution in [1.82, 2.24) is 30.3 Å². The molecule has 4 heterocycles. The maximum Gasteiger partial charge on any atom is 0.222 e. The van der Waals surface area contributed by atoms with E-state index in [2.05, 4.69) is 43.3 Å². The second-order valence-corrected chi connectivity index (χ2v) is 8.79. The summed E-state index contributed by atoms with van der Waals surface area (Å²) < 4.78 is 5.82. The van der Waals surface area contributed by atoms with Gasteiger partial charge in [0.25, 0.3) is 0 Å². The van der Waals surface area contributed by atoms with Crippen LogP contribution in [0.4, 0.5) is 5.82 Å². The second kappa shape index (κ2) is 8.46. The lowest BCUT2D eigenvalue weighted by Gasteiger charge is -2.35. The van der Waals surface area contributed by atoms with E-state index in [-0.39, 0.29) is 5.91 Å². The molecule has 0 unspecified atom stereocenters. The molecule has 10 heteroatoms. The molecule has 3 aromatic heterocycles. The van der Waals surface area contributed by atoms with Gasteiger partial charge in [-0.2, -0.15) is 0 Å². The van der Waals surface area contributed by atoms with Crippen molar-refractivity contribution < 1.29 is 9.53 Å². The number of H-pyrrole nitrogens is 1. The van der Waals surface area contributed by atoms with Gasteiger partial charge in [-0.15, -0.1) is 16.4 Å². The van der Waals surface area contributed by atoms with Crippen molar-refractivity contribution in [3.05, 3.63) is 35.5 Å². The Morgan fingerprint density at radius 3 is 2.97 bits per heavy atom. The molecule has 1 N–H and O–H groups in total. The van der Waals surface area contributed by atoms with Crippen molar-refractivity contribution >= 4 is 44.3 Å². The molecular formula is C21H23N7O2S. The molecule has 0 radical (unpaired) electrons. The Balaban J connectivity index is 1.11. The maximum absolute atomic E-state index is 12.6. The van der Waals surface area contributed by atoms with Gasteiger partial charge in [-0.05, 0) is 31.5 Å². The third-order valence-corrected chi connectivity index (χ3v) is 6.43. The fourth-order valence-electron chi connectivity index (χ4n) is 3.91. The van der Waals surface area contributed by atoms with Gasteiger partial charge in [0.05, 0.1) is 17.5 Å². The maximum atomic E-state index is 12.6. The van der Waals surface area contributed by atoms with Gasteiger partial charge in [-0.25, -0.2) is 9.97 Å². The number of hydrogen-bond donors (Lipinski definition) is 1. The summed E-state index contributed by atoms with van der Waals surface area (Å²) >= 11 is 1.68. The Morgan fingerprint density at radius 2 is 2.10 bits per heavy atom. The number of benzene rings is 1. The van der Waals surface area contributed by atoms with Gasteiger partial charge in [-0.1, -0.05) is 11.3 Å². The zero-order valence-corrected chi connectivity index (χ0v) is 18.1. The van der Waals surface area contributed by atoms with Crippen molar-refractivity contribution in [3.8, 4) is 5.75 Å². The monoisotopic (exact) mass is 437 g/mol. The van der Waals surface area contributed by atoms with Crippen LogP contribution in [-0.2, 0) is 4.79 Å². The highest BCUT2D eigenvalue weighted by Gasteiger charge is 2.23. The standard InChI is InChI=1S/C21H23N7O2S/c1-14-12-15-20(22-13-23-21(15)31-14)28-9-7-27(8-10-28)18(29)6-3-11-30-17-5-2-4-16-19(17)25-26-24-16/h2,4-5,12-13H,3,6-11H2,1H3,(H,24,25,26). The van der Waals surface area contributed by atoms with Gasteiger partial charge in [0.15, 0.2) is 5.52 Å². The first-order chi connectivity index (χ1) is 15.2. The zero-order valence-electron chi connectivity index (χ0n) is 17.2. The molecule has 0 bridgehead atoms. The van der Waals surface area contributed by atoms with E-state index in [1.165, 1.54) is 4.88 Å². The predicted molar refractivity (Wildman–Crippen MR) is 120 cm³/mol. The number of carbonyl (C=O) groups is 1. The number of nitrogens with one attached hydrogen (secondary N) is 1. The first kappa shape index (κ1) is 19.7. The van der Waals surface area contributed by atoms with Crippen molar-refractivity contribution in [2.24, 2.45) is 0 Å². The number of hydrogen-bond acceptors (Lipinski definition) is 8. The van der Waals surface area contributed by atoms with Gasteiger partial charge < -0.3 is 14.5 Å². The molecule has 0 saturated carbocycles. The number of piperazine rings is 1. The highest BCUT2D eigenvalue weighted by atomic mass is 32.1. The van der Waals surface area contributed by atoms with Crippen molar-refractivity contribution in [2.75, 3.05) is 37.7 Å². The number of aromatic nitrogens is 5. The van der Waals surface area contributed by atoms with Crippen molar-refractivity contribution in [3.63, 3.8) is 0 Å². The van der Waals surface area contributed by atoms with Crippen LogP contribution in [0.5, 0.6) is 5.75 Å². The number of anilines is 1. The molecule has 1 aliphatic heterocycles. The highest BCUT2D eigenvalue weighted by Crippen LogP contribution is 2.30. The van der Waals surface area contributed by atoms with Gasteiger partial charge in [0, 0.05) is 37.5 Å². The summed E-state index contributed by atoms with van der Waals surface area (Å²) in [6, 6.07) is 7.81. The van der Waals surface area contributed by atoms with E-state index in [4.69, 9.17) is 4.74 Å². The molecule has 1 aromatic carbocycles.